The van der Waals surface area contributed by atoms with E-state index in [1.165, 1.54) is 4.31 Å². The van der Waals surface area contributed by atoms with Gasteiger partial charge in [-0.05, 0) is 31.7 Å². The van der Waals surface area contributed by atoms with Crippen molar-refractivity contribution < 1.29 is 21.6 Å². The zero-order chi connectivity index (χ0) is 13.8. The second-order valence-electron chi connectivity index (χ2n) is 4.62. The fourth-order valence-electron chi connectivity index (χ4n) is 2.11. The third-order valence-corrected chi connectivity index (χ3v) is 5.00. The largest absolute Gasteiger partial charge is 0.389 e. The minimum atomic E-state index is -4.29. The van der Waals surface area contributed by atoms with Gasteiger partial charge in [-0.2, -0.15) is 13.2 Å². The van der Waals surface area contributed by atoms with Crippen LogP contribution < -0.4 is 5.73 Å². The van der Waals surface area contributed by atoms with Crippen LogP contribution in [0.4, 0.5) is 13.2 Å². The Hall–Kier alpha value is -0.340. The molecular formula is C10H19F3N2O2S. The van der Waals surface area contributed by atoms with Crippen LogP contribution in [0, 0.1) is 5.92 Å². The second-order valence-corrected chi connectivity index (χ2v) is 6.71. The summed E-state index contributed by atoms with van der Waals surface area (Å²) in [5.74, 6) is -0.186. The van der Waals surface area contributed by atoms with Gasteiger partial charge < -0.3 is 5.73 Å². The van der Waals surface area contributed by atoms with Crippen molar-refractivity contribution in [3.63, 3.8) is 0 Å². The van der Waals surface area contributed by atoms with Gasteiger partial charge in [-0.3, -0.25) is 0 Å². The molecule has 4 nitrogen and oxygen atoms in total. The van der Waals surface area contributed by atoms with E-state index in [0.717, 1.165) is 12.8 Å². The molecule has 0 aliphatic carbocycles. The van der Waals surface area contributed by atoms with Crippen molar-refractivity contribution in [2.45, 2.75) is 31.9 Å². The molecule has 2 N–H and O–H groups in total. The molecule has 0 bridgehead atoms. The van der Waals surface area contributed by atoms with Crippen LogP contribution in [0.1, 0.15) is 25.7 Å². The van der Waals surface area contributed by atoms with Crippen LogP contribution >= 0.6 is 0 Å². The number of alkyl halides is 3. The Morgan fingerprint density at radius 1 is 1.33 bits per heavy atom. The molecule has 0 spiro atoms. The lowest BCUT2D eigenvalue weighted by molar-refractivity contribution is -0.134. The van der Waals surface area contributed by atoms with Crippen molar-refractivity contribution in [3.8, 4) is 0 Å². The zero-order valence-corrected chi connectivity index (χ0v) is 10.9. The maximum absolute atomic E-state index is 11.9. The van der Waals surface area contributed by atoms with Crippen LogP contribution in [0.25, 0.3) is 0 Å². The van der Waals surface area contributed by atoms with E-state index in [9.17, 15) is 21.6 Å². The van der Waals surface area contributed by atoms with E-state index in [1.54, 1.807) is 0 Å². The lowest BCUT2D eigenvalue weighted by atomic mass is 10.1. The Kier molecular flexibility index (Phi) is 5.42. The lowest BCUT2D eigenvalue weighted by Crippen LogP contribution is -2.31. The van der Waals surface area contributed by atoms with E-state index in [2.05, 4.69) is 0 Å². The van der Waals surface area contributed by atoms with Crippen LogP contribution in [0.15, 0.2) is 0 Å². The minimum Gasteiger partial charge on any atom is -0.330 e. The van der Waals surface area contributed by atoms with Gasteiger partial charge >= 0.3 is 6.18 Å². The van der Waals surface area contributed by atoms with Crippen LogP contribution in [0.2, 0.25) is 0 Å². The maximum Gasteiger partial charge on any atom is 0.389 e. The highest BCUT2D eigenvalue weighted by atomic mass is 32.2. The zero-order valence-electron chi connectivity index (χ0n) is 10.1. The number of hydrogen-bond donors (Lipinski definition) is 1. The Morgan fingerprint density at radius 3 is 2.56 bits per heavy atom. The molecule has 1 atom stereocenters. The molecular weight excluding hydrogens is 269 g/mol. The highest BCUT2D eigenvalue weighted by Crippen LogP contribution is 2.25. The average Bonchev–Trinajstić information content (AvgIpc) is 2.65. The van der Waals surface area contributed by atoms with E-state index in [1.807, 2.05) is 0 Å². The van der Waals surface area contributed by atoms with Gasteiger partial charge in [-0.15, -0.1) is 0 Å². The summed E-state index contributed by atoms with van der Waals surface area (Å²) >= 11 is 0. The van der Waals surface area contributed by atoms with E-state index in [0.29, 0.717) is 19.6 Å². The monoisotopic (exact) mass is 288 g/mol. The predicted octanol–water partition coefficient (Wildman–Crippen LogP) is 1.33. The molecule has 1 saturated heterocycles. The first kappa shape index (κ1) is 15.7. The first-order valence-electron chi connectivity index (χ1n) is 5.99. The van der Waals surface area contributed by atoms with Crippen molar-refractivity contribution in [2.75, 3.05) is 25.4 Å². The molecule has 0 aromatic carbocycles. The molecule has 1 rings (SSSR count). The first-order valence-corrected chi connectivity index (χ1v) is 7.60. The van der Waals surface area contributed by atoms with Crippen LogP contribution in [-0.4, -0.2) is 44.3 Å². The van der Waals surface area contributed by atoms with Gasteiger partial charge in [0.05, 0.1) is 5.75 Å². The van der Waals surface area contributed by atoms with Gasteiger partial charge in [0.2, 0.25) is 10.0 Å². The van der Waals surface area contributed by atoms with Gasteiger partial charge in [0.1, 0.15) is 0 Å². The van der Waals surface area contributed by atoms with Crippen molar-refractivity contribution in [1.29, 1.82) is 0 Å². The highest BCUT2D eigenvalue weighted by Gasteiger charge is 2.32. The average molecular weight is 288 g/mol. The molecule has 108 valence electrons. The topological polar surface area (TPSA) is 63.4 Å². The van der Waals surface area contributed by atoms with Crippen LogP contribution in [0.5, 0.6) is 0 Å². The molecule has 1 fully saturated rings. The Labute approximate surface area is 105 Å². The SMILES string of the molecule is NCCC1CCN(S(=O)(=O)CCCC(F)(F)F)C1. The fraction of sp³-hybridized carbons (Fsp3) is 1.00. The summed E-state index contributed by atoms with van der Waals surface area (Å²) in [5, 5.41) is 0. The summed E-state index contributed by atoms with van der Waals surface area (Å²) in [7, 11) is -3.54. The summed E-state index contributed by atoms with van der Waals surface area (Å²) < 4.78 is 60.7. The standard InChI is InChI=1S/C10H19F3N2O2S/c11-10(12,13)4-1-7-18(16,17)15-6-3-9(8-15)2-5-14/h9H,1-8,14H2. The van der Waals surface area contributed by atoms with Gasteiger partial charge in [0, 0.05) is 19.5 Å². The quantitative estimate of drug-likeness (QED) is 0.802. The van der Waals surface area contributed by atoms with Crippen molar-refractivity contribution >= 4 is 10.0 Å². The summed E-state index contributed by atoms with van der Waals surface area (Å²) in [6.07, 6.45) is -4.21. The molecule has 1 unspecified atom stereocenters. The van der Waals surface area contributed by atoms with Gasteiger partial charge in [0.25, 0.3) is 0 Å². The molecule has 18 heavy (non-hydrogen) atoms. The molecule has 0 amide bonds. The third kappa shape index (κ3) is 5.11. The molecule has 0 radical (unpaired) electrons. The number of hydrogen-bond acceptors (Lipinski definition) is 3. The van der Waals surface area contributed by atoms with Crippen molar-refractivity contribution in [2.24, 2.45) is 11.7 Å². The van der Waals surface area contributed by atoms with Crippen LogP contribution in [0.3, 0.4) is 0 Å². The maximum atomic E-state index is 11.9. The number of halogens is 3. The summed E-state index contributed by atoms with van der Waals surface area (Å²) in [5.41, 5.74) is 5.40. The molecule has 1 heterocycles. The molecule has 1 aliphatic rings. The van der Waals surface area contributed by atoms with E-state index < -0.39 is 28.4 Å². The second kappa shape index (κ2) is 6.21. The molecule has 0 saturated carbocycles. The molecule has 8 heteroatoms. The number of rotatable bonds is 6. The van der Waals surface area contributed by atoms with Crippen LogP contribution in [-0.2, 0) is 10.0 Å². The summed E-state index contributed by atoms with van der Waals surface area (Å²) in [4.78, 5) is 0. The van der Waals surface area contributed by atoms with E-state index >= 15 is 0 Å². The first-order chi connectivity index (χ1) is 8.24. The highest BCUT2D eigenvalue weighted by molar-refractivity contribution is 7.89. The van der Waals surface area contributed by atoms with Gasteiger partial charge in [-0.1, -0.05) is 0 Å². The minimum absolute atomic E-state index is 0.243. The molecule has 0 aromatic heterocycles. The molecule has 0 aromatic rings. The fourth-order valence-corrected chi connectivity index (χ4v) is 3.69. The van der Waals surface area contributed by atoms with Crippen molar-refractivity contribution in [1.82, 2.24) is 4.31 Å². The summed E-state index contributed by atoms with van der Waals surface area (Å²) in [6.45, 7) is 1.30. The van der Waals surface area contributed by atoms with E-state index in [-0.39, 0.29) is 12.3 Å². The summed E-state index contributed by atoms with van der Waals surface area (Å²) in [6, 6.07) is 0. The predicted molar refractivity (Wildman–Crippen MR) is 62.4 cm³/mol. The lowest BCUT2D eigenvalue weighted by Gasteiger charge is -2.16. The third-order valence-electron chi connectivity index (χ3n) is 3.08. The number of sulfonamides is 1. The Bertz CT molecular complexity index is 357. The normalized spacial score (nSPS) is 22.6. The number of nitrogens with zero attached hydrogens (tertiary/aromatic N) is 1. The number of nitrogens with two attached hydrogens (primary N) is 1. The molecule has 1 aliphatic heterocycles. The van der Waals surface area contributed by atoms with Crippen molar-refractivity contribution in [3.05, 3.63) is 0 Å². The Balaban J connectivity index is 2.40. The smallest absolute Gasteiger partial charge is 0.330 e. The van der Waals surface area contributed by atoms with Gasteiger partial charge in [0.15, 0.2) is 0 Å². The van der Waals surface area contributed by atoms with E-state index in [4.69, 9.17) is 5.73 Å². The Morgan fingerprint density at radius 2 is 2.00 bits per heavy atom. The van der Waals surface area contributed by atoms with Gasteiger partial charge in [-0.25, -0.2) is 12.7 Å².